The third kappa shape index (κ3) is 2.33. The van der Waals surface area contributed by atoms with Gasteiger partial charge in [-0.15, -0.1) is 0 Å². The Kier molecular flexibility index (Phi) is 3.74. The number of ether oxygens (including phenoxy) is 1. The molecule has 0 saturated carbocycles. The number of aliphatic hydroxyl groups is 1. The lowest BCUT2D eigenvalue weighted by atomic mass is 10.1. The predicted molar refractivity (Wildman–Crippen MR) is 62.4 cm³/mol. The highest BCUT2D eigenvalue weighted by Gasteiger charge is 2.20. The van der Waals surface area contributed by atoms with Crippen molar-refractivity contribution >= 4 is 5.69 Å². The third-order valence-electron chi connectivity index (χ3n) is 3.18. The lowest BCUT2D eigenvalue weighted by molar-refractivity contribution is 0.0854. The molecule has 0 spiro atoms. The predicted octanol–water partition coefficient (Wildman–Crippen LogP) is 1.19. The second kappa shape index (κ2) is 5.27. The SMILES string of the molecule is CN(c1cnccc1CO)C1CCOCC1. The molecule has 4 nitrogen and oxygen atoms in total. The van der Waals surface area contributed by atoms with Crippen LogP contribution in [0, 0.1) is 0 Å². The molecule has 88 valence electrons. The largest absolute Gasteiger partial charge is 0.392 e. The number of aromatic nitrogens is 1. The Morgan fingerprint density at radius 2 is 2.25 bits per heavy atom. The lowest BCUT2D eigenvalue weighted by Crippen LogP contribution is -2.37. The minimum absolute atomic E-state index is 0.0609. The quantitative estimate of drug-likeness (QED) is 0.834. The first-order valence-electron chi connectivity index (χ1n) is 5.67. The maximum atomic E-state index is 9.29. The number of hydrogen-bond donors (Lipinski definition) is 1. The second-order valence-corrected chi connectivity index (χ2v) is 4.12. The van der Waals surface area contributed by atoms with Gasteiger partial charge < -0.3 is 14.7 Å². The van der Waals surface area contributed by atoms with Gasteiger partial charge in [0.2, 0.25) is 0 Å². The Hall–Kier alpha value is -1.13. The zero-order valence-corrected chi connectivity index (χ0v) is 9.59. The van der Waals surface area contributed by atoms with Gasteiger partial charge in [-0.1, -0.05) is 0 Å². The standard InChI is InChI=1S/C12H18N2O2/c1-14(11-3-6-16-7-4-11)12-8-13-5-2-10(12)9-15/h2,5,8,11,15H,3-4,6-7,9H2,1H3. The summed E-state index contributed by atoms with van der Waals surface area (Å²) < 4.78 is 5.35. The Labute approximate surface area is 95.9 Å². The van der Waals surface area contributed by atoms with Gasteiger partial charge in [-0.3, -0.25) is 4.98 Å². The summed E-state index contributed by atoms with van der Waals surface area (Å²) in [5, 5.41) is 9.29. The maximum Gasteiger partial charge on any atom is 0.0703 e. The molecular weight excluding hydrogens is 204 g/mol. The van der Waals surface area contributed by atoms with Crippen LogP contribution < -0.4 is 4.90 Å². The summed E-state index contributed by atoms with van der Waals surface area (Å²) in [5.74, 6) is 0. The van der Waals surface area contributed by atoms with E-state index in [2.05, 4.69) is 16.9 Å². The average molecular weight is 222 g/mol. The van der Waals surface area contributed by atoms with E-state index in [-0.39, 0.29) is 6.61 Å². The minimum Gasteiger partial charge on any atom is -0.392 e. The molecular formula is C12H18N2O2. The van der Waals surface area contributed by atoms with Crippen molar-refractivity contribution in [1.29, 1.82) is 0 Å². The monoisotopic (exact) mass is 222 g/mol. The molecule has 16 heavy (non-hydrogen) atoms. The molecule has 2 heterocycles. The van der Waals surface area contributed by atoms with Gasteiger partial charge in [0.05, 0.1) is 18.5 Å². The van der Waals surface area contributed by atoms with Crippen LogP contribution in [0.15, 0.2) is 18.5 Å². The lowest BCUT2D eigenvalue weighted by Gasteiger charge is -2.33. The molecule has 2 rings (SSSR count). The molecule has 4 heteroatoms. The van der Waals surface area contributed by atoms with Gasteiger partial charge in [0.25, 0.3) is 0 Å². The maximum absolute atomic E-state index is 9.29. The van der Waals surface area contributed by atoms with Crippen LogP contribution in [0.2, 0.25) is 0 Å². The van der Waals surface area contributed by atoms with Crippen LogP contribution >= 0.6 is 0 Å². The summed E-state index contributed by atoms with van der Waals surface area (Å²) in [4.78, 5) is 6.33. The topological polar surface area (TPSA) is 45.6 Å². The van der Waals surface area contributed by atoms with Crippen molar-refractivity contribution in [2.45, 2.75) is 25.5 Å². The molecule has 0 radical (unpaired) electrons. The molecule has 1 aromatic rings. The Morgan fingerprint density at radius 1 is 1.50 bits per heavy atom. The van der Waals surface area contributed by atoms with E-state index in [1.807, 2.05) is 12.3 Å². The number of aliphatic hydroxyl groups excluding tert-OH is 1. The van der Waals surface area contributed by atoms with Crippen molar-refractivity contribution in [3.8, 4) is 0 Å². The van der Waals surface area contributed by atoms with Crippen LogP contribution in [0.4, 0.5) is 5.69 Å². The van der Waals surface area contributed by atoms with Crippen molar-refractivity contribution in [3.05, 3.63) is 24.0 Å². The highest BCUT2D eigenvalue weighted by molar-refractivity contribution is 5.51. The Morgan fingerprint density at radius 3 is 2.94 bits per heavy atom. The van der Waals surface area contributed by atoms with E-state index in [1.54, 1.807) is 6.20 Å². The van der Waals surface area contributed by atoms with Crippen molar-refractivity contribution in [3.63, 3.8) is 0 Å². The van der Waals surface area contributed by atoms with E-state index < -0.39 is 0 Å². The summed E-state index contributed by atoms with van der Waals surface area (Å²) in [6.07, 6.45) is 5.61. The fourth-order valence-corrected chi connectivity index (χ4v) is 2.14. The average Bonchev–Trinajstić information content (AvgIpc) is 2.39. The number of pyridine rings is 1. The van der Waals surface area contributed by atoms with Gasteiger partial charge in [0.15, 0.2) is 0 Å². The van der Waals surface area contributed by atoms with E-state index in [1.165, 1.54) is 0 Å². The van der Waals surface area contributed by atoms with Gasteiger partial charge in [-0.05, 0) is 18.9 Å². The molecule has 0 unspecified atom stereocenters. The molecule has 1 aliphatic rings. The van der Waals surface area contributed by atoms with Gasteiger partial charge in [-0.25, -0.2) is 0 Å². The Bertz CT molecular complexity index is 338. The van der Waals surface area contributed by atoms with Crippen LogP contribution in [0.1, 0.15) is 18.4 Å². The highest BCUT2D eigenvalue weighted by atomic mass is 16.5. The molecule has 0 bridgehead atoms. The fourth-order valence-electron chi connectivity index (χ4n) is 2.14. The minimum atomic E-state index is 0.0609. The van der Waals surface area contributed by atoms with E-state index in [9.17, 15) is 5.11 Å². The fraction of sp³-hybridized carbons (Fsp3) is 0.583. The number of rotatable bonds is 3. The highest BCUT2D eigenvalue weighted by Crippen LogP contribution is 2.23. The number of nitrogens with zero attached hydrogens (tertiary/aromatic N) is 2. The molecule has 1 aliphatic heterocycles. The van der Waals surface area contributed by atoms with Gasteiger partial charge in [0.1, 0.15) is 0 Å². The Balaban J connectivity index is 2.15. The third-order valence-corrected chi connectivity index (χ3v) is 3.18. The van der Waals surface area contributed by atoms with Gasteiger partial charge in [0, 0.05) is 38.1 Å². The summed E-state index contributed by atoms with van der Waals surface area (Å²) >= 11 is 0. The summed E-state index contributed by atoms with van der Waals surface area (Å²) in [7, 11) is 2.06. The normalized spacial score (nSPS) is 17.4. The zero-order chi connectivity index (χ0) is 11.4. The van der Waals surface area contributed by atoms with Gasteiger partial charge >= 0.3 is 0 Å². The summed E-state index contributed by atoms with van der Waals surface area (Å²) in [6, 6.07) is 2.36. The van der Waals surface area contributed by atoms with E-state index in [0.29, 0.717) is 6.04 Å². The van der Waals surface area contributed by atoms with Crippen LogP contribution in [0.25, 0.3) is 0 Å². The van der Waals surface area contributed by atoms with Crippen molar-refractivity contribution < 1.29 is 9.84 Å². The molecule has 1 saturated heterocycles. The van der Waals surface area contributed by atoms with Gasteiger partial charge in [-0.2, -0.15) is 0 Å². The van der Waals surface area contributed by atoms with Crippen LogP contribution in [0.3, 0.4) is 0 Å². The van der Waals surface area contributed by atoms with E-state index in [0.717, 1.165) is 37.3 Å². The van der Waals surface area contributed by atoms with Crippen LogP contribution in [0.5, 0.6) is 0 Å². The molecule has 1 aromatic heterocycles. The van der Waals surface area contributed by atoms with E-state index >= 15 is 0 Å². The second-order valence-electron chi connectivity index (χ2n) is 4.12. The molecule has 1 fully saturated rings. The molecule has 0 aliphatic carbocycles. The first kappa shape index (κ1) is 11.4. The molecule has 0 atom stereocenters. The van der Waals surface area contributed by atoms with Crippen LogP contribution in [-0.4, -0.2) is 36.4 Å². The first-order valence-corrected chi connectivity index (χ1v) is 5.67. The number of hydrogen-bond acceptors (Lipinski definition) is 4. The molecule has 0 amide bonds. The smallest absolute Gasteiger partial charge is 0.0703 e. The van der Waals surface area contributed by atoms with Crippen LogP contribution in [-0.2, 0) is 11.3 Å². The summed E-state index contributed by atoms with van der Waals surface area (Å²) in [5.41, 5.74) is 1.96. The van der Waals surface area contributed by atoms with Crippen molar-refractivity contribution in [2.24, 2.45) is 0 Å². The zero-order valence-electron chi connectivity index (χ0n) is 9.59. The first-order chi connectivity index (χ1) is 7.83. The van der Waals surface area contributed by atoms with Crippen molar-refractivity contribution in [2.75, 3.05) is 25.2 Å². The van der Waals surface area contributed by atoms with E-state index in [4.69, 9.17) is 4.74 Å². The molecule has 1 N–H and O–H groups in total. The molecule has 0 aromatic carbocycles. The van der Waals surface area contributed by atoms with Crippen molar-refractivity contribution in [1.82, 2.24) is 4.98 Å². The number of anilines is 1. The summed E-state index contributed by atoms with van der Waals surface area (Å²) in [6.45, 7) is 1.71.